The number of carbonyl (C=O) groups excluding carboxylic acids is 4. The van der Waals surface area contributed by atoms with Gasteiger partial charge in [0.2, 0.25) is 0 Å². The van der Waals surface area contributed by atoms with Crippen LogP contribution >= 0.6 is 11.3 Å². The Kier molecular flexibility index (Phi) is 6.29. The van der Waals surface area contributed by atoms with Gasteiger partial charge in [-0.25, -0.2) is 4.79 Å². The predicted molar refractivity (Wildman–Crippen MR) is 115 cm³/mol. The van der Waals surface area contributed by atoms with Crippen molar-refractivity contribution < 1.29 is 19.2 Å². The Morgan fingerprint density at radius 3 is 2.52 bits per heavy atom. The molecule has 31 heavy (non-hydrogen) atoms. The van der Waals surface area contributed by atoms with Crippen molar-refractivity contribution in [3.8, 4) is 0 Å². The van der Waals surface area contributed by atoms with Crippen LogP contribution in [0.2, 0.25) is 0 Å². The number of hydrogen-bond donors (Lipinski definition) is 3. The summed E-state index contributed by atoms with van der Waals surface area (Å²) in [5, 5.41) is 6.70. The molecular weight excluding hydrogens is 418 g/mol. The highest BCUT2D eigenvalue weighted by Gasteiger charge is 2.52. The number of carbonyl (C=O) groups is 4. The number of piperidine rings is 1. The van der Waals surface area contributed by atoms with Gasteiger partial charge in [-0.1, -0.05) is 19.3 Å². The van der Waals surface area contributed by atoms with Crippen LogP contribution in [-0.2, 0) is 9.59 Å². The van der Waals surface area contributed by atoms with E-state index in [9.17, 15) is 19.2 Å². The normalized spacial score (nSPS) is 21.9. The Balaban J connectivity index is 1.22. The van der Waals surface area contributed by atoms with Gasteiger partial charge in [-0.3, -0.25) is 24.7 Å². The van der Waals surface area contributed by atoms with Crippen LogP contribution in [0.5, 0.6) is 0 Å². The molecule has 3 heterocycles. The first-order chi connectivity index (χ1) is 14.9. The summed E-state index contributed by atoms with van der Waals surface area (Å²) in [7, 11) is 0. The number of aryl methyl sites for hydroxylation is 1. The monoisotopic (exact) mass is 447 g/mol. The van der Waals surface area contributed by atoms with Gasteiger partial charge in [-0.2, -0.15) is 5.01 Å². The van der Waals surface area contributed by atoms with Crippen LogP contribution in [0.1, 0.15) is 59.5 Å². The largest absolute Gasteiger partial charge is 0.349 e. The number of likely N-dealkylation sites (tertiary alicyclic amines) is 1. The fourth-order valence-electron chi connectivity index (χ4n) is 4.63. The van der Waals surface area contributed by atoms with Gasteiger partial charge < -0.3 is 10.6 Å². The average molecular weight is 448 g/mol. The third-order valence-corrected chi connectivity index (χ3v) is 7.36. The molecule has 0 unspecified atom stereocenters. The standard InChI is InChI=1S/C21H29N5O4S/c1-14-5-6-16(31-14)18(28)22-15-7-11-25(12-8-15)13-17(27)24-26-19(29)21(23-20(26)30)9-3-2-4-10-21/h5-6,15H,2-4,7-13H2,1H3,(H,22,28)(H,23,30)(H,24,27). The first-order valence-electron chi connectivity index (χ1n) is 10.9. The van der Waals surface area contributed by atoms with Gasteiger partial charge in [-0.05, 0) is 44.7 Å². The lowest BCUT2D eigenvalue weighted by Crippen LogP contribution is -2.53. The van der Waals surface area contributed by atoms with E-state index in [-0.39, 0.29) is 30.3 Å². The molecule has 1 saturated carbocycles. The van der Waals surface area contributed by atoms with Gasteiger partial charge in [0.05, 0.1) is 11.4 Å². The maximum absolute atomic E-state index is 12.8. The molecule has 0 atom stereocenters. The van der Waals surface area contributed by atoms with Crippen molar-refractivity contribution in [1.82, 2.24) is 26.0 Å². The third kappa shape index (κ3) is 4.74. The van der Waals surface area contributed by atoms with Crippen molar-refractivity contribution in [2.45, 2.75) is 63.5 Å². The molecule has 168 valence electrons. The highest BCUT2D eigenvalue weighted by molar-refractivity contribution is 7.13. The van der Waals surface area contributed by atoms with E-state index in [0.29, 0.717) is 30.8 Å². The summed E-state index contributed by atoms with van der Waals surface area (Å²) in [5.41, 5.74) is 1.64. The van der Waals surface area contributed by atoms with Crippen molar-refractivity contribution in [2.75, 3.05) is 19.6 Å². The molecule has 1 aromatic heterocycles. The maximum Gasteiger partial charge on any atom is 0.344 e. The first kappa shape index (κ1) is 21.8. The number of nitrogens with one attached hydrogen (secondary N) is 3. The third-order valence-electron chi connectivity index (χ3n) is 6.36. The molecule has 3 N–H and O–H groups in total. The molecular formula is C21H29N5O4S. The Morgan fingerprint density at radius 2 is 1.87 bits per heavy atom. The molecule has 10 heteroatoms. The minimum Gasteiger partial charge on any atom is -0.349 e. The van der Waals surface area contributed by atoms with Crippen molar-refractivity contribution >= 4 is 35.1 Å². The van der Waals surface area contributed by atoms with Crippen LogP contribution in [0, 0.1) is 6.92 Å². The Morgan fingerprint density at radius 1 is 1.16 bits per heavy atom. The molecule has 9 nitrogen and oxygen atoms in total. The zero-order valence-electron chi connectivity index (χ0n) is 17.7. The van der Waals surface area contributed by atoms with Crippen molar-refractivity contribution in [1.29, 1.82) is 0 Å². The van der Waals surface area contributed by atoms with Gasteiger partial charge in [0, 0.05) is 24.0 Å². The second-order valence-electron chi connectivity index (χ2n) is 8.68. The zero-order valence-corrected chi connectivity index (χ0v) is 18.6. The lowest BCUT2D eigenvalue weighted by molar-refractivity contribution is -0.140. The Labute approximate surface area is 185 Å². The van der Waals surface area contributed by atoms with E-state index in [4.69, 9.17) is 0 Å². The van der Waals surface area contributed by atoms with Crippen LogP contribution in [0.25, 0.3) is 0 Å². The Bertz CT molecular complexity index is 871. The fraction of sp³-hybridized carbons (Fsp3) is 0.619. The minimum absolute atomic E-state index is 0.0514. The zero-order chi connectivity index (χ0) is 22.0. The first-order valence-corrected chi connectivity index (χ1v) is 11.7. The minimum atomic E-state index is -0.847. The van der Waals surface area contributed by atoms with Crippen LogP contribution < -0.4 is 16.1 Å². The lowest BCUT2D eigenvalue weighted by Gasteiger charge is -2.32. The van der Waals surface area contributed by atoms with Gasteiger partial charge in [0.25, 0.3) is 17.7 Å². The molecule has 0 aromatic carbocycles. The predicted octanol–water partition coefficient (Wildman–Crippen LogP) is 1.54. The quantitative estimate of drug-likeness (QED) is 0.593. The van der Waals surface area contributed by atoms with Gasteiger partial charge >= 0.3 is 6.03 Å². The number of imide groups is 1. The van der Waals surface area contributed by atoms with E-state index in [1.165, 1.54) is 11.3 Å². The smallest absolute Gasteiger partial charge is 0.344 e. The van der Waals surface area contributed by atoms with E-state index in [1.807, 2.05) is 24.0 Å². The summed E-state index contributed by atoms with van der Waals surface area (Å²) in [5.74, 6) is -0.784. The molecule has 1 aromatic rings. The molecule has 1 aliphatic carbocycles. The van der Waals surface area contributed by atoms with Crippen LogP contribution in [0.15, 0.2) is 12.1 Å². The van der Waals surface area contributed by atoms with E-state index >= 15 is 0 Å². The number of hydrazine groups is 1. The summed E-state index contributed by atoms with van der Waals surface area (Å²) in [6, 6.07) is 3.29. The van der Waals surface area contributed by atoms with Crippen molar-refractivity contribution in [3.05, 3.63) is 21.9 Å². The van der Waals surface area contributed by atoms with Gasteiger partial charge in [0.1, 0.15) is 5.54 Å². The molecule has 2 saturated heterocycles. The summed E-state index contributed by atoms with van der Waals surface area (Å²) >= 11 is 1.48. The van der Waals surface area contributed by atoms with Crippen molar-refractivity contribution in [2.24, 2.45) is 0 Å². The number of rotatable bonds is 5. The molecule has 0 radical (unpaired) electrons. The lowest BCUT2D eigenvalue weighted by atomic mass is 9.82. The van der Waals surface area contributed by atoms with E-state index in [2.05, 4.69) is 16.1 Å². The summed E-state index contributed by atoms with van der Waals surface area (Å²) in [6.07, 6.45) is 5.57. The SMILES string of the molecule is Cc1ccc(C(=O)NC2CCN(CC(=O)NN3C(=O)NC4(CCCCC4)C3=O)CC2)s1. The molecule has 4 rings (SSSR count). The molecule has 3 aliphatic rings. The second kappa shape index (κ2) is 8.96. The molecule has 2 aliphatic heterocycles. The van der Waals surface area contributed by atoms with Crippen LogP contribution in [0.3, 0.4) is 0 Å². The highest BCUT2D eigenvalue weighted by atomic mass is 32.1. The summed E-state index contributed by atoms with van der Waals surface area (Å²) in [6.45, 7) is 3.39. The maximum atomic E-state index is 12.8. The number of amides is 5. The second-order valence-corrected chi connectivity index (χ2v) is 9.97. The van der Waals surface area contributed by atoms with Crippen LogP contribution in [-0.4, -0.2) is 64.9 Å². The average Bonchev–Trinajstić information content (AvgIpc) is 3.28. The van der Waals surface area contributed by atoms with Crippen LogP contribution in [0.4, 0.5) is 4.79 Å². The molecule has 1 spiro atoms. The molecule has 3 fully saturated rings. The van der Waals surface area contributed by atoms with E-state index < -0.39 is 11.6 Å². The highest BCUT2D eigenvalue weighted by Crippen LogP contribution is 2.33. The Hall–Kier alpha value is -2.46. The number of thiophene rings is 1. The van der Waals surface area contributed by atoms with Gasteiger partial charge in [0.15, 0.2) is 0 Å². The van der Waals surface area contributed by atoms with Gasteiger partial charge in [-0.15, -0.1) is 11.3 Å². The van der Waals surface area contributed by atoms with Crippen molar-refractivity contribution in [3.63, 3.8) is 0 Å². The summed E-state index contributed by atoms with van der Waals surface area (Å²) in [4.78, 5) is 53.6. The molecule has 5 amide bonds. The van der Waals surface area contributed by atoms with E-state index in [0.717, 1.165) is 42.0 Å². The van der Waals surface area contributed by atoms with E-state index in [1.54, 1.807) is 0 Å². The topological polar surface area (TPSA) is 111 Å². The number of hydrogen-bond acceptors (Lipinski definition) is 6. The summed E-state index contributed by atoms with van der Waals surface area (Å²) < 4.78 is 0. The fourth-order valence-corrected chi connectivity index (χ4v) is 5.40. The number of urea groups is 1. The molecule has 0 bridgehead atoms. The number of nitrogens with zero attached hydrogens (tertiary/aromatic N) is 2.